The van der Waals surface area contributed by atoms with Gasteiger partial charge >= 0.3 is 0 Å². The monoisotopic (exact) mass is 349 g/mol. The van der Waals surface area contributed by atoms with Gasteiger partial charge in [-0.3, -0.25) is 9.36 Å². The van der Waals surface area contributed by atoms with Gasteiger partial charge in [-0.25, -0.2) is 0 Å². The van der Waals surface area contributed by atoms with Gasteiger partial charge in [-0.15, -0.1) is 10.2 Å². The number of amides is 1. The van der Waals surface area contributed by atoms with E-state index in [-0.39, 0.29) is 11.9 Å². The van der Waals surface area contributed by atoms with Crippen molar-refractivity contribution in [3.8, 4) is 5.69 Å². The van der Waals surface area contributed by atoms with Crippen molar-refractivity contribution >= 4 is 5.91 Å². The number of nitrogens with zero attached hydrogens (tertiary/aromatic N) is 5. The van der Waals surface area contributed by atoms with E-state index in [1.54, 1.807) is 17.2 Å². The Morgan fingerprint density at radius 3 is 2.62 bits per heavy atom. The molecule has 1 aliphatic rings. The number of hydrogen-bond acceptors (Lipinski definition) is 3. The van der Waals surface area contributed by atoms with Crippen LogP contribution in [0.4, 0.5) is 0 Å². The van der Waals surface area contributed by atoms with E-state index >= 15 is 0 Å². The van der Waals surface area contributed by atoms with E-state index in [1.807, 2.05) is 29.2 Å². The quantitative estimate of drug-likeness (QED) is 0.729. The van der Waals surface area contributed by atoms with Gasteiger partial charge in [0.25, 0.3) is 5.91 Å². The van der Waals surface area contributed by atoms with Crippen LogP contribution < -0.4 is 0 Å². The number of rotatable bonds is 3. The Kier molecular flexibility index (Phi) is 4.11. The van der Waals surface area contributed by atoms with Gasteiger partial charge in [0.1, 0.15) is 12.7 Å². The molecular weight excluding hydrogens is 326 g/mol. The molecule has 134 valence electrons. The number of fused-ring (bicyclic) bond motifs is 1. The van der Waals surface area contributed by atoms with Gasteiger partial charge in [0, 0.05) is 35.7 Å². The predicted octanol–water partition coefficient (Wildman–Crippen LogP) is 3.23. The van der Waals surface area contributed by atoms with Crippen LogP contribution in [0.15, 0.2) is 49.1 Å². The Hall–Kier alpha value is -2.89. The first-order chi connectivity index (χ1) is 12.6. The molecule has 0 spiro atoms. The highest BCUT2D eigenvalue weighted by Gasteiger charge is 2.34. The lowest BCUT2D eigenvalue weighted by atomic mass is 9.96. The van der Waals surface area contributed by atoms with Crippen molar-refractivity contribution in [2.75, 3.05) is 6.54 Å². The van der Waals surface area contributed by atoms with E-state index in [1.165, 1.54) is 11.4 Å². The fourth-order valence-electron chi connectivity index (χ4n) is 3.89. The molecule has 0 bridgehead atoms. The third kappa shape index (κ3) is 2.71. The smallest absolute Gasteiger partial charge is 0.254 e. The molecule has 1 aromatic carbocycles. The minimum Gasteiger partial charge on any atom is -0.345 e. The number of hydrogen-bond donors (Lipinski definition) is 0. The summed E-state index contributed by atoms with van der Waals surface area (Å²) in [5.41, 5.74) is 4.07. The molecule has 6 nitrogen and oxygen atoms in total. The molecule has 0 saturated carbocycles. The summed E-state index contributed by atoms with van der Waals surface area (Å²) in [6.07, 6.45) is 3.27. The minimum absolute atomic E-state index is 0.0729. The maximum atomic E-state index is 13.3. The summed E-state index contributed by atoms with van der Waals surface area (Å²) in [6.45, 7) is 8.04. The molecule has 4 rings (SSSR count). The number of carbonyl (C=O) groups excluding carboxylic acids is 1. The zero-order valence-electron chi connectivity index (χ0n) is 15.3. The lowest BCUT2D eigenvalue weighted by Gasteiger charge is -2.40. The second-order valence-electron chi connectivity index (χ2n) is 7.16. The summed E-state index contributed by atoms with van der Waals surface area (Å²) in [5, 5.41) is 7.68. The summed E-state index contributed by atoms with van der Waals surface area (Å²) in [7, 11) is 0. The Morgan fingerprint density at radius 2 is 1.88 bits per heavy atom. The Morgan fingerprint density at radius 1 is 1.12 bits per heavy atom. The van der Waals surface area contributed by atoms with Gasteiger partial charge in [-0.2, -0.15) is 0 Å². The fraction of sp³-hybridized carbons (Fsp3) is 0.350. The van der Waals surface area contributed by atoms with Crippen molar-refractivity contribution in [2.24, 2.45) is 5.92 Å². The first kappa shape index (κ1) is 16.6. The number of aryl methyl sites for hydroxylation is 1. The molecular formula is C20H23N5O. The van der Waals surface area contributed by atoms with Crippen molar-refractivity contribution in [1.82, 2.24) is 24.2 Å². The molecule has 1 aliphatic heterocycles. The summed E-state index contributed by atoms with van der Waals surface area (Å²) >= 11 is 0. The maximum absolute atomic E-state index is 13.3. The first-order valence-corrected chi connectivity index (χ1v) is 8.98. The van der Waals surface area contributed by atoms with Gasteiger partial charge < -0.3 is 9.47 Å². The first-order valence-electron chi connectivity index (χ1n) is 8.98. The van der Waals surface area contributed by atoms with E-state index < -0.39 is 0 Å². The molecule has 3 aromatic rings. The summed E-state index contributed by atoms with van der Waals surface area (Å²) in [5.74, 6) is 0.414. The number of aromatic nitrogens is 4. The molecule has 0 aliphatic carbocycles. The number of carbonyl (C=O) groups is 1. The zero-order valence-corrected chi connectivity index (χ0v) is 15.3. The van der Waals surface area contributed by atoms with Crippen LogP contribution in [-0.2, 0) is 6.54 Å². The highest BCUT2D eigenvalue weighted by Crippen LogP contribution is 2.34. The predicted molar refractivity (Wildman–Crippen MR) is 99.1 cm³/mol. The summed E-state index contributed by atoms with van der Waals surface area (Å²) in [6, 6.07) is 12.0. The normalized spacial score (nSPS) is 16.8. The van der Waals surface area contributed by atoms with Crippen LogP contribution in [-0.4, -0.2) is 36.7 Å². The van der Waals surface area contributed by atoms with Crippen molar-refractivity contribution < 1.29 is 4.79 Å². The highest BCUT2D eigenvalue weighted by molar-refractivity contribution is 5.95. The molecule has 26 heavy (non-hydrogen) atoms. The van der Waals surface area contributed by atoms with E-state index in [0.717, 1.165) is 18.8 Å². The molecule has 0 saturated heterocycles. The van der Waals surface area contributed by atoms with Crippen LogP contribution in [0, 0.1) is 12.8 Å². The molecule has 3 heterocycles. The average molecular weight is 349 g/mol. The minimum atomic E-state index is 0.0729. The van der Waals surface area contributed by atoms with E-state index in [4.69, 9.17) is 0 Å². The van der Waals surface area contributed by atoms with E-state index in [0.29, 0.717) is 11.5 Å². The third-order valence-electron chi connectivity index (χ3n) is 5.14. The Bertz CT molecular complexity index is 926. The van der Waals surface area contributed by atoms with Crippen LogP contribution in [0.5, 0.6) is 0 Å². The molecule has 6 heteroatoms. The standard InChI is InChI=1S/C20H23N5O/c1-14(2)19-18-8-7-15(3)24(18)9-10-25(19)20(26)16-5-4-6-17(11-16)23-12-21-22-13-23/h4-8,11-14,19H,9-10H2,1-3H3. The van der Waals surface area contributed by atoms with Crippen LogP contribution in [0.1, 0.15) is 41.6 Å². The van der Waals surface area contributed by atoms with Crippen LogP contribution >= 0.6 is 0 Å². The van der Waals surface area contributed by atoms with Crippen molar-refractivity contribution in [3.05, 3.63) is 66.0 Å². The van der Waals surface area contributed by atoms with Gasteiger partial charge in [0.2, 0.25) is 0 Å². The van der Waals surface area contributed by atoms with Gasteiger partial charge in [-0.05, 0) is 43.2 Å². The molecule has 2 aromatic heterocycles. The van der Waals surface area contributed by atoms with Crippen LogP contribution in [0.25, 0.3) is 5.69 Å². The summed E-state index contributed by atoms with van der Waals surface area (Å²) < 4.78 is 4.14. The van der Waals surface area contributed by atoms with E-state index in [2.05, 4.69) is 47.7 Å². The largest absolute Gasteiger partial charge is 0.345 e. The topological polar surface area (TPSA) is 56.0 Å². The lowest BCUT2D eigenvalue weighted by Crippen LogP contribution is -2.44. The molecule has 0 fully saturated rings. The summed E-state index contributed by atoms with van der Waals surface area (Å²) in [4.78, 5) is 15.3. The fourth-order valence-corrected chi connectivity index (χ4v) is 3.89. The molecule has 1 atom stereocenters. The van der Waals surface area contributed by atoms with Crippen LogP contribution in [0.2, 0.25) is 0 Å². The molecule has 0 N–H and O–H groups in total. The average Bonchev–Trinajstić information content (AvgIpc) is 3.31. The Balaban J connectivity index is 1.69. The van der Waals surface area contributed by atoms with Gasteiger partial charge in [-0.1, -0.05) is 19.9 Å². The third-order valence-corrected chi connectivity index (χ3v) is 5.14. The maximum Gasteiger partial charge on any atom is 0.254 e. The second-order valence-corrected chi connectivity index (χ2v) is 7.16. The molecule has 1 unspecified atom stereocenters. The highest BCUT2D eigenvalue weighted by atomic mass is 16.2. The lowest BCUT2D eigenvalue weighted by molar-refractivity contribution is 0.0555. The van der Waals surface area contributed by atoms with Gasteiger partial charge in [0.15, 0.2) is 0 Å². The zero-order chi connectivity index (χ0) is 18.3. The molecule has 1 amide bonds. The van der Waals surface area contributed by atoms with Crippen molar-refractivity contribution in [1.29, 1.82) is 0 Å². The molecule has 0 radical (unpaired) electrons. The Labute approximate surface area is 153 Å². The van der Waals surface area contributed by atoms with Gasteiger partial charge in [0.05, 0.1) is 6.04 Å². The van der Waals surface area contributed by atoms with Crippen LogP contribution in [0.3, 0.4) is 0 Å². The number of benzene rings is 1. The SMILES string of the molecule is Cc1ccc2n1CCN(C(=O)c1cccc(-n3cnnc3)c1)C2C(C)C. The van der Waals surface area contributed by atoms with Crippen molar-refractivity contribution in [2.45, 2.75) is 33.4 Å². The van der Waals surface area contributed by atoms with Crippen molar-refractivity contribution in [3.63, 3.8) is 0 Å². The van der Waals surface area contributed by atoms with E-state index in [9.17, 15) is 4.79 Å². The second kappa shape index (κ2) is 6.44.